The summed E-state index contributed by atoms with van der Waals surface area (Å²) in [5.41, 5.74) is 0.561. The summed E-state index contributed by atoms with van der Waals surface area (Å²) in [5.74, 6) is 2.71. The van der Waals surface area contributed by atoms with E-state index in [0.29, 0.717) is 49.1 Å². The quantitative estimate of drug-likeness (QED) is 0.665. The number of benzene rings is 1. The van der Waals surface area contributed by atoms with Crippen molar-refractivity contribution in [2.75, 3.05) is 44.3 Å². The van der Waals surface area contributed by atoms with E-state index in [1.54, 1.807) is 18.6 Å². The minimum Gasteiger partial charge on any atom is -0.486 e. The van der Waals surface area contributed by atoms with Crippen LogP contribution in [0.2, 0.25) is 0 Å². The summed E-state index contributed by atoms with van der Waals surface area (Å²) < 4.78 is 13.1. The Bertz CT molecular complexity index is 996. The van der Waals surface area contributed by atoms with Crippen LogP contribution in [0, 0.1) is 0 Å². The van der Waals surface area contributed by atoms with Gasteiger partial charge in [-0.05, 0) is 18.2 Å². The lowest BCUT2D eigenvalue weighted by atomic mass is 10.1. The van der Waals surface area contributed by atoms with Crippen LogP contribution >= 0.6 is 0 Å². The van der Waals surface area contributed by atoms with Crippen LogP contribution in [-0.2, 0) is 0 Å². The number of hydrogen-bond donors (Lipinski definition) is 0. The number of ether oxygens (including phenoxy) is 2. The zero-order chi connectivity index (χ0) is 18.2. The Labute approximate surface area is 155 Å². The van der Waals surface area contributed by atoms with Crippen LogP contribution in [0.4, 0.5) is 5.82 Å². The first-order chi connectivity index (χ1) is 13.3. The standard InChI is InChI=1S/C18H18N6O3/c25-17(13-2-1-3-14-16(13)27-11-10-26-14)23-8-6-22(7-9-23)15-4-5-19-18-21-20-12-24(15)18/h1-5,12H,6-11H2. The van der Waals surface area contributed by atoms with Crippen molar-refractivity contribution < 1.29 is 14.3 Å². The van der Waals surface area contributed by atoms with Crippen LogP contribution in [0.3, 0.4) is 0 Å². The molecule has 2 aliphatic rings. The molecule has 0 unspecified atom stereocenters. The molecule has 27 heavy (non-hydrogen) atoms. The summed E-state index contributed by atoms with van der Waals surface area (Å²) in [5, 5.41) is 7.90. The smallest absolute Gasteiger partial charge is 0.257 e. The maximum Gasteiger partial charge on any atom is 0.257 e. The maximum absolute atomic E-state index is 13.0. The first kappa shape index (κ1) is 15.9. The molecule has 3 aromatic rings. The fraction of sp³-hybridized carbons (Fsp3) is 0.333. The second kappa shape index (κ2) is 6.42. The molecule has 1 aromatic carbocycles. The van der Waals surface area contributed by atoms with E-state index in [0.717, 1.165) is 18.9 Å². The molecule has 2 aliphatic heterocycles. The second-order valence-electron chi connectivity index (χ2n) is 6.41. The molecule has 0 spiro atoms. The van der Waals surface area contributed by atoms with Crippen molar-refractivity contribution in [3.63, 3.8) is 0 Å². The van der Waals surface area contributed by atoms with Gasteiger partial charge in [0.1, 0.15) is 25.4 Å². The molecule has 138 valence electrons. The Hall–Kier alpha value is -3.36. The number of anilines is 1. The Balaban J connectivity index is 1.34. The molecule has 0 saturated carbocycles. The number of rotatable bonds is 2. The zero-order valence-corrected chi connectivity index (χ0v) is 14.6. The molecule has 5 rings (SSSR count). The van der Waals surface area contributed by atoms with Crippen molar-refractivity contribution in [1.82, 2.24) is 24.5 Å². The van der Waals surface area contributed by atoms with E-state index < -0.39 is 0 Å². The van der Waals surface area contributed by atoms with E-state index >= 15 is 0 Å². The molecule has 0 bridgehead atoms. The van der Waals surface area contributed by atoms with Gasteiger partial charge in [-0.2, -0.15) is 0 Å². The fourth-order valence-corrected chi connectivity index (χ4v) is 3.54. The molecule has 0 radical (unpaired) electrons. The van der Waals surface area contributed by atoms with Crippen molar-refractivity contribution >= 4 is 17.5 Å². The van der Waals surface area contributed by atoms with Crippen LogP contribution in [0.1, 0.15) is 10.4 Å². The zero-order valence-electron chi connectivity index (χ0n) is 14.6. The lowest BCUT2D eigenvalue weighted by Crippen LogP contribution is -2.49. The van der Waals surface area contributed by atoms with Crippen LogP contribution in [-0.4, -0.2) is 69.8 Å². The summed E-state index contributed by atoms with van der Waals surface area (Å²) in [6, 6.07) is 7.40. The Morgan fingerprint density at radius 1 is 1.04 bits per heavy atom. The number of aromatic nitrogens is 4. The third-order valence-electron chi connectivity index (χ3n) is 4.88. The van der Waals surface area contributed by atoms with Gasteiger partial charge in [0.05, 0.1) is 5.56 Å². The number of fused-ring (bicyclic) bond motifs is 2. The SMILES string of the molecule is O=C(c1cccc2c1OCCO2)N1CCN(c2ccnc3nncn23)CC1. The van der Waals surface area contributed by atoms with Crippen molar-refractivity contribution in [3.05, 3.63) is 42.4 Å². The Morgan fingerprint density at radius 3 is 2.78 bits per heavy atom. The monoisotopic (exact) mass is 366 g/mol. The Morgan fingerprint density at radius 2 is 1.89 bits per heavy atom. The van der Waals surface area contributed by atoms with E-state index in [9.17, 15) is 4.79 Å². The first-order valence-electron chi connectivity index (χ1n) is 8.89. The lowest BCUT2D eigenvalue weighted by Gasteiger charge is -2.36. The largest absolute Gasteiger partial charge is 0.486 e. The maximum atomic E-state index is 13.0. The minimum atomic E-state index is -0.0267. The van der Waals surface area contributed by atoms with E-state index in [4.69, 9.17) is 9.47 Å². The molecule has 1 fully saturated rings. The van der Waals surface area contributed by atoms with E-state index in [-0.39, 0.29) is 5.91 Å². The first-order valence-corrected chi connectivity index (χ1v) is 8.89. The number of hydrogen-bond acceptors (Lipinski definition) is 7. The highest BCUT2D eigenvalue weighted by Gasteiger charge is 2.27. The van der Waals surface area contributed by atoms with E-state index in [2.05, 4.69) is 20.1 Å². The molecule has 9 heteroatoms. The van der Waals surface area contributed by atoms with Gasteiger partial charge in [0.25, 0.3) is 11.7 Å². The fourth-order valence-electron chi connectivity index (χ4n) is 3.54. The van der Waals surface area contributed by atoms with Gasteiger partial charge in [-0.1, -0.05) is 6.07 Å². The van der Waals surface area contributed by atoms with Gasteiger partial charge in [-0.3, -0.25) is 9.20 Å². The average Bonchev–Trinajstić information content (AvgIpc) is 3.22. The lowest BCUT2D eigenvalue weighted by molar-refractivity contribution is 0.0736. The molecule has 1 amide bonds. The van der Waals surface area contributed by atoms with E-state index in [1.807, 2.05) is 27.5 Å². The van der Waals surface area contributed by atoms with Crippen LogP contribution in [0.15, 0.2) is 36.8 Å². The number of carbonyl (C=O) groups excluding carboxylic acids is 1. The van der Waals surface area contributed by atoms with E-state index in [1.165, 1.54) is 0 Å². The average molecular weight is 366 g/mol. The van der Waals surface area contributed by atoms with Crippen molar-refractivity contribution in [3.8, 4) is 11.5 Å². The predicted molar refractivity (Wildman–Crippen MR) is 96.3 cm³/mol. The second-order valence-corrected chi connectivity index (χ2v) is 6.41. The molecule has 2 aromatic heterocycles. The van der Waals surface area contributed by atoms with Gasteiger partial charge in [0.2, 0.25) is 0 Å². The van der Waals surface area contributed by atoms with Gasteiger partial charge >= 0.3 is 0 Å². The summed E-state index contributed by atoms with van der Waals surface area (Å²) >= 11 is 0. The van der Waals surface area contributed by atoms with Crippen molar-refractivity contribution in [2.45, 2.75) is 0 Å². The van der Waals surface area contributed by atoms with Crippen LogP contribution < -0.4 is 14.4 Å². The van der Waals surface area contributed by atoms with Gasteiger partial charge in [0, 0.05) is 32.4 Å². The van der Waals surface area contributed by atoms with Gasteiger partial charge in [0.15, 0.2) is 11.5 Å². The molecule has 9 nitrogen and oxygen atoms in total. The number of para-hydroxylation sites is 1. The third-order valence-corrected chi connectivity index (χ3v) is 4.88. The van der Waals surface area contributed by atoms with Gasteiger partial charge in [-0.15, -0.1) is 10.2 Å². The summed E-state index contributed by atoms with van der Waals surface area (Å²) in [4.78, 5) is 21.3. The summed E-state index contributed by atoms with van der Waals surface area (Å²) in [6.45, 7) is 3.64. The topological polar surface area (TPSA) is 85.1 Å². The number of amides is 1. The highest BCUT2D eigenvalue weighted by atomic mass is 16.6. The highest BCUT2D eigenvalue weighted by molar-refractivity contribution is 5.98. The molecule has 0 atom stereocenters. The Kier molecular flexibility index (Phi) is 3.77. The number of piperazine rings is 1. The van der Waals surface area contributed by atoms with Gasteiger partial charge in [-0.25, -0.2) is 4.98 Å². The predicted octanol–water partition coefficient (Wildman–Crippen LogP) is 0.858. The molecular formula is C18H18N6O3. The number of carbonyl (C=O) groups is 1. The minimum absolute atomic E-state index is 0.0267. The summed E-state index contributed by atoms with van der Waals surface area (Å²) in [7, 11) is 0. The molecule has 0 aliphatic carbocycles. The normalized spacial score (nSPS) is 16.6. The molecule has 0 N–H and O–H groups in total. The van der Waals surface area contributed by atoms with Crippen molar-refractivity contribution in [2.24, 2.45) is 0 Å². The van der Waals surface area contributed by atoms with Crippen LogP contribution in [0.25, 0.3) is 5.78 Å². The molecule has 4 heterocycles. The molecule has 1 saturated heterocycles. The van der Waals surface area contributed by atoms with Crippen LogP contribution in [0.5, 0.6) is 11.5 Å². The molecular weight excluding hydrogens is 348 g/mol. The number of nitrogens with zero attached hydrogens (tertiary/aromatic N) is 6. The highest BCUT2D eigenvalue weighted by Crippen LogP contribution is 2.34. The van der Waals surface area contributed by atoms with Gasteiger partial charge < -0.3 is 19.3 Å². The summed E-state index contributed by atoms with van der Waals surface area (Å²) in [6.07, 6.45) is 3.38. The third kappa shape index (κ3) is 2.71. The van der Waals surface area contributed by atoms with Crippen molar-refractivity contribution in [1.29, 1.82) is 0 Å².